The Bertz CT molecular complexity index is 663. The van der Waals surface area contributed by atoms with E-state index in [2.05, 4.69) is 52.8 Å². The van der Waals surface area contributed by atoms with Crippen LogP contribution in [-0.4, -0.2) is 26.6 Å². The van der Waals surface area contributed by atoms with E-state index in [-0.39, 0.29) is 16.5 Å². The molecule has 110 valence electrons. The fourth-order valence-electron chi connectivity index (χ4n) is 1.95. The molecule has 0 saturated heterocycles. The number of allylic oxidation sites excluding steroid dienone is 2. The van der Waals surface area contributed by atoms with Gasteiger partial charge >= 0.3 is 0 Å². The first-order valence-electron chi connectivity index (χ1n) is 6.19. The quantitative estimate of drug-likeness (QED) is 0.561. The van der Waals surface area contributed by atoms with Gasteiger partial charge in [0.2, 0.25) is 0 Å². The molecule has 1 aliphatic carbocycles. The smallest absolute Gasteiger partial charge is 0.277 e. The van der Waals surface area contributed by atoms with Crippen LogP contribution in [0.25, 0.3) is 0 Å². The van der Waals surface area contributed by atoms with Crippen molar-refractivity contribution in [3.63, 3.8) is 0 Å². The second kappa shape index (κ2) is 6.26. The molecule has 1 aromatic carbocycles. The molecule has 6 heteroatoms. The summed E-state index contributed by atoms with van der Waals surface area (Å²) in [7, 11) is 0. The van der Waals surface area contributed by atoms with Crippen molar-refractivity contribution in [1.82, 2.24) is 0 Å². The molecule has 0 spiro atoms. The van der Waals surface area contributed by atoms with E-state index >= 15 is 0 Å². The molecule has 0 saturated carbocycles. The third-order valence-electron chi connectivity index (χ3n) is 3.32. The maximum absolute atomic E-state index is 12.3. The van der Waals surface area contributed by atoms with Gasteiger partial charge in [0.15, 0.2) is 5.78 Å². The van der Waals surface area contributed by atoms with Crippen LogP contribution in [0.3, 0.4) is 0 Å². The number of amides is 1. The van der Waals surface area contributed by atoms with Gasteiger partial charge in [-0.05, 0) is 47.5 Å². The Morgan fingerprint density at radius 1 is 1.29 bits per heavy atom. The van der Waals surface area contributed by atoms with Crippen LogP contribution in [0.4, 0.5) is 0 Å². The van der Waals surface area contributed by atoms with E-state index in [0.29, 0.717) is 21.3 Å². The molecular formula is C15H12Br3NO2. The van der Waals surface area contributed by atoms with Crippen LogP contribution in [0.2, 0.25) is 0 Å². The molecule has 0 N–H and O–H groups in total. The van der Waals surface area contributed by atoms with Gasteiger partial charge in [0, 0.05) is 5.56 Å². The van der Waals surface area contributed by atoms with Crippen molar-refractivity contribution in [2.45, 2.75) is 23.0 Å². The molecule has 0 heterocycles. The summed E-state index contributed by atoms with van der Waals surface area (Å²) in [6.45, 7) is 3.53. The van der Waals surface area contributed by atoms with Crippen LogP contribution >= 0.6 is 47.8 Å². The van der Waals surface area contributed by atoms with Crippen molar-refractivity contribution >= 4 is 65.2 Å². The number of carbonyl (C=O) groups is 2. The second-order valence-corrected chi connectivity index (χ2v) is 8.23. The van der Waals surface area contributed by atoms with Crippen molar-refractivity contribution in [2.75, 3.05) is 0 Å². The van der Waals surface area contributed by atoms with Crippen LogP contribution in [0.15, 0.2) is 45.4 Å². The predicted molar refractivity (Wildman–Crippen MR) is 94.9 cm³/mol. The second-order valence-electron chi connectivity index (χ2n) is 4.87. The molecule has 2 atom stereocenters. The van der Waals surface area contributed by atoms with Gasteiger partial charge < -0.3 is 0 Å². The van der Waals surface area contributed by atoms with Crippen molar-refractivity contribution < 1.29 is 9.59 Å². The first-order valence-corrected chi connectivity index (χ1v) is 8.69. The number of benzene rings is 1. The third kappa shape index (κ3) is 3.12. The molecule has 2 rings (SSSR count). The minimum Gasteiger partial charge on any atom is -0.292 e. The number of aliphatic imine (C=N–C) groups is 1. The Kier molecular flexibility index (Phi) is 5.00. The number of carbonyl (C=O) groups excluding carboxylic acids is 2. The van der Waals surface area contributed by atoms with Gasteiger partial charge in [-0.2, -0.15) is 0 Å². The third-order valence-corrected chi connectivity index (χ3v) is 7.05. The summed E-state index contributed by atoms with van der Waals surface area (Å²) in [5.41, 5.74) is 1.74. The molecule has 0 bridgehead atoms. The van der Waals surface area contributed by atoms with E-state index in [0.717, 1.165) is 0 Å². The van der Waals surface area contributed by atoms with E-state index in [9.17, 15) is 9.59 Å². The van der Waals surface area contributed by atoms with Crippen LogP contribution in [-0.2, 0) is 4.79 Å². The van der Waals surface area contributed by atoms with Crippen LogP contribution < -0.4 is 0 Å². The van der Waals surface area contributed by atoms with Crippen molar-refractivity contribution in [2.24, 2.45) is 4.99 Å². The highest BCUT2D eigenvalue weighted by Crippen LogP contribution is 2.40. The molecule has 0 radical (unpaired) electrons. The maximum Gasteiger partial charge on any atom is 0.277 e. The fourth-order valence-corrected chi connectivity index (χ4v) is 3.90. The number of rotatable bonds is 1. The summed E-state index contributed by atoms with van der Waals surface area (Å²) in [5, 5.41) is 0. The molecule has 0 aromatic heterocycles. The Labute approximate surface area is 148 Å². The van der Waals surface area contributed by atoms with Crippen LogP contribution in [0.5, 0.6) is 0 Å². The summed E-state index contributed by atoms with van der Waals surface area (Å²) >= 11 is 10.2. The molecule has 1 aromatic rings. The molecule has 21 heavy (non-hydrogen) atoms. The number of ketones is 1. The Balaban J connectivity index is 2.49. The standard InChI is InChI=1S/C15H12Br3NO2/c1-8-10(16)13(20)15(2,18)12(17)11(8)19-14(21)9-6-4-3-5-7-9/h3-7,12H,1-2H3/t12-,15-/m1/s1. The van der Waals surface area contributed by atoms with Gasteiger partial charge in [0.25, 0.3) is 5.91 Å². The summed E-state index contributed by atoms with van der Waals surface area (Å²) < 4.78 is -0.404. The van der Waals surface area contributed by atoms with E-state index in [1.807, 2.05) is 6.07 Å². The number of Topliss-reactive ketones (excluding diaryl/α,β-unsaturated/α-hetero) is 1. The zero-order chi connectivity index (χ0) is 15.8. The summed E-state index contributed by atoms with van der Waals surface area (Å²) in [6.07, 6.45) is 0. The predicted octanol–water partition coefficient (Wildman–Crippen LogP) is 4.44. The molecule has 3 nitrogen and oxygen atoms in total. The number of halogens is 3. The van der Waals surface area contributed by atoms with Crippen LogP contribution in [0.1, 0.15) is 24.2 Å². The number of alkyl halides is 2. The topological polar surface area (TPSA) is 46.5 Å². The van der Waals surface area contributed by atoms with E-state index < -0.39 is 4.32 Å². The molecule has 1 aliphatic rings. The molecular weight excluding hydrogens is 466 g/mol. The highest BCUT2D eigenvalue weighted by Gasteiger charge is 2.46. The lowest BCUT2D eigenvalue weighted by molar-refractivity contribution is -0.116. The van der Waals surface area contributed by atoms with E-state index in [1.54, 1.807) is 38.1 Å². The first-order chi connectivity index (χ1) is 9.76. The highest BCUT2D eigenvalue weighted by molar-refractivity contribution is 9.13. The van der Waals surface area contributed by atoms with E-state index in [1.165, 1.54) is 0 Å². The van der Waals surface area contributed by atoms with Gasteiger partial charge in [-0.3, -0.25) is 9.59 Å². The zero-order valence-electron chi connectivity index (χ0n) is 11.4. The number of hydrogen-bond donors (Lipinski definition) is 0. The zero-order valence-corrected chi connectivity index (χ0v) is 16.1. The lowest BCUT2D eigenvalue weighted by Gasteiger charge is -2.33. The lowest BCUT2D eigenvalue weighted by atomic mass is 9.88. The summed E-state index contributed by atoms with van der Waals surface area (Å²) in [6, 6.07) is 8.84. The van der Waals surface area contributed by atoms with Gasteiger partial charge in [-0.25, -0.2) is 4.99 Å². The maximum atomic E-state index is 12.3. The van der Waals surface area contributed by atoms with Crippen molar-refractivity contribution in [3.8, 4) is 0 Å². The largest absolute Gasteiger partial charge is 0.292 e. The summed E-state index contributed by atoms with van der Waals surface area (Å²) in [4.78, 5) is 28.3. The van der Waals surface area contributed by atoms with Gasteiger partial charge in [0.1, 0.15) is 4.32 Å². The van der Waals surface area contributed by atoms with Gasteiger partial charge in [-0.1, -0.05) is 50.1 Å². The molecule has 0 unspecified atom stereocenters. The highest BCUT2D eigenvalue weighted by atomic mass is 79.9. The Hall–Kier alpha value is -0.590. The first kappa shape index (κ1) is 16.8. The SMILES string of the molecule is CC1=C(Br)C(=O)[C@](C)(Br)[C@H](Br)C1=NC(=O)c1ccccc1. The van der Waals surface area contributed by atoms with E-state index in [4.69, 9.17) is 0 Å². The average molecular weight is 478 g/mol. The van der Waals surface area contributed by atoms with Crippen molar-refractivity contribution in [1.29, 1.82) is 0 Å². The minimum atomic E-state index is -0.846. The lowest BCUT2D eigenvalue weighted by Crippen LogP contribution is -2.47. The Morgan fingerprint density at radius 3 is 2.43 bits per heavy atom. The normalized spacial score (nSPS) is 28.1. The number of hydrogen-bond acceptors (Lipinski definition) is 2. The molecule has 0 aliphatic heterocycles. The minimum absolute atomic E-state index is 0.0759. The van der Waals surface area contributed by atoms with Gasteiger partial charge in [-0.15, -0.1) is 0 Å². The van der Waals surface area contributed by atoms with Crippen molar-refractivity contribution in [3.05, 3.63) is 46.0 Å². The fraction of sp³-hybridized carbons (Fsp3) is 0.267. The Morgan fingerprint density at radius 2 is 1.86 bits per heavy atom. The molecule has 1 amide bonds. The summed E-state index contributed by atoms with van der Waals surface area (Å²) in [5.74, 6) is -0.402. The average Bonchev–Trinajstić information content (AvgIpc) is 2.49. The monoisotopic (exact) mass is 475 g/mol. The number of nitrogens with zero attached hydrogens (tertiary/aromatic N) is 1. The van der Waals surface area contributed by atoms with Crippen LogP contribution in [0, 0.1) is 0 Å². The molecule has 0 fully saturated rings. The van der Waals surface area contributed by atoms with Gasteiger partial charge in [0.05, 0.1) is 15.0 Å².